The molecule has 0 aliphatic rings. The molecule has 0 saturated carbocycles. The zero-order valence-corrected chi connectivity index (χ0v) is 10.7. The molecule has 5 heteroatoms. The Morgan fingerprint density at radius 1 is 1.25 bits per heavy atom. The van der Waals surface area contributed by atoms with E-state index in [0.29, 0.717) is 5.56 Å². The number of carboxylic acids is 1. The van der Waals surface area contributed by atoms with E-state index in [2.05, 4.69) is 0 Å². The van der Waals surface area contributed by atoms with Crippen LogP contribution in [-0.4, -0.2) is 11.1 Å². The van der Waals surface area contributed by atoms with Crippen LogP contribution in [0.2, 0.25) is 0 Å². The first-order valence-corrected chi connectivity index (χ1v) is 5.88. The van der Waals surface area contributed by atoms with Gasteiger partial charge in [-0.25, -0.2) is 13.6 Å². The van der Waals surface area contributed by atoms with Crippen LogP contribution in [0.4, 0.5) is 8.78 Å². The molecule has 0 atom stereocenters. The summed E-state index contributed by atoms with van der Waals surface area (Å²) < 4.78 is 32.5. The van der Waals surface area contributed by atoms with Gasteiger partial charge in [0.05, 0.1) is 5.56 Å². The predicted molar refractivity (Wildman–Crippen MR) is 68.8 cm³/mol. The number of aryl methyl sites for hydroxylation is 1. The van der Waals surface area contributed by atoms with Crippen LogP contribution in [0.1, 0.15) is 21.5 Å². The van der Waals surface area contributed by atoms with E-state index in [0.717, 1.165) is 12.1 Å². The summed E-state index contributed by atoms with van der Waals surface area (Å²) in [6, 6.07) is 8.03. The Balaban J connectivity index is 2.20. The van der Waals surface area contributed by atoms with Crippen molar-refractivity contribution in [2.24, 2.45) is 0 Å². The molecule has 0 bridgehead atoms. The summed E-state index contributed by atoms with van der Waals surface area (Å²) in [5.74, 6) is -2.26. The Kier molecular flexibility index (Phi) is 3.98. The Hall–Kier alpha value is -2.43. The molecule has 0 aliphatic heterocycles. The highest BCUT2D eigenvalue weighted by Crippen LogP contribution is 2.21. The number of carboxylic acid groups (broad SMARTS) is 1. The third kappa shape index (κ3) is 2.93. The van der Waals surface area contributed by atoms with Crippen LogP contribution in [0.5, 0.6) is 5.75 Å². The second-order valence-corrected chi connectivity index (χ2v) is 4.29. The van der Waals surface area contributed by atoms with Crippen LogP contribution in [0.25, 0.3) is 0 Å². The molecule has 104 valence electrons. The van der Waals surface area contributed by atoms with E-state index in [9.17, 15) is 13.6 Å². The second-order valence-electron chi connectivity index (χ2n) is 4.29. The van der Waals surface area contributed by atoms with Gasteiger partial charge in [0.2, 0.25) is 0 Å². The van der Waals surface area contributed by atoms with Crippen LogP contribution in [0.15, 0.2) is 36.4 Å². The van der Waals surface area contributed by atoms with E-state index in [1.54, 1.807) is 19.1 Å². The Morgan fingerprint density at radius 3 is 2.70 bits per heavy atom. The van der Waals surface area contributed by atoms with Crippen molar-refractivity contribution in [3.8, 4) is 5.75 Å². The van der Waals surface area contributed by atoms with Crippen LogP contribution < -0.4 is 4.74 Å². The molecule has 0 aliphatic carbocycles. The average molecular weight is 278 g/mol. The highest BCUT2D eigenvalue weighted by molar-refractivity contribution is 5.87. The Labute approximate surface area is 114 Å². The maximum atomic E-state index is 13.7. The fraction of sp³-hybridized carbons (Fsp3) is 0.133. The van der Waals surface area contributed by atoms with Gasteiger partial charge in [-0.15, -0.1) is 0 Å². The molecule has 20 heavy (non-hydrogen) atoms. The summed E-state index contributed by atoms with van der Waals surface area (Å²) in [7, 11) is 0. The minimum Gasteiger partial charge on any atom is -0.486 e. The quantitative estimate of drug-likeness (QED) is 0.930. The molecular weight excluding hydrogens is 266 g/mol. The van der Waals surface area contributed by atoms with Gasteiger partial charge < -0.3 is 9.84 Å². The van der Waals surface area contributed by atoms with Gasteiger partial charge in [-0.1, -0.05) is 12.1 Å². The molecule has 0 radical (unpaired) electrons. The van der Waals surface area contributed by atoms with Gasteiger partial charge in [-0.3, -0.25) is 0 Å². The maximum Gasteiger partial charge on any atom is 0.335 e. The van der Waals surface area contributed by atoms with Gasteiger partial charge in [0.1, 0.15) is 12.4 Å². The number of hydrogen-bond acceptors (Lipinski definition) is 2. The van der Waals surface area contributed by atoms with E-state index in [4.69, 9.17) is 9.84 Å². The molecule has 1 N–H and O–H groups in total. The monoisotopic (exact) mass is 278 g/mol. The van der Waals surface area contributed by atoms with Crippen molar-refractivity contribution in [2.45, 2.75) is 13.5 Å². The Bertz CT molecular complexity index is 654. The van der Waals surface area contributed by atoms with E-state index < -0.39 is 17.6 Å². The molecule has 3 nitrogen and oxygen atoms in total. The molecule has 2 aromatic carbocycles. The number of aromatic carboxylic acids is 1. The van der Waals surface area contributed by atoms with Gasteiger partial charge in [-0.2, -0.15) is 0 Å². The lowest BCUT2D eigenvalue weighted by Crippen LogP contribution is -2.04. The minimum atomic E-state index is -1.16. The zero-order valence-electron chi connectivity index (χ0n) is 10.7. The third-order valence-corrected chi connectivity index (χ3v) is 2.83. The van der Waals surface area contributed by atoms with Crippen LogP contribution in [0.3, 0.4) is 0 Å². The summed E-state index contributed by atoms with van der Waals surface area (Å²) in [6.07, 6.45) is 0. The van der Waals surface area contributed by atoms with Gasteiger partial charge in [0.15, 0.2) is 11.6 Å². The van der Waals surface area contributed by atoms with Gasteiger partial charge in [0, 0.05) is 5.56 Å². The third-order valence-electron chi connectivity index (χ3n) is 2.83. The standard InChI is InChI=1S/C15H12F2O3/c1-9-3-2-4-13(14(9)17)20-8-11-7-10(15(18)19)5-6-12(11)16/h2-7H,8H2,1H3,(H,18,19). The highest BCUT2D eigenvalue weighted by Gasteiger charge is 2.11. The smallest absolute Gasteiger partial charge is 0.335 e. The normalized spacial score (nSPS) is 10.3. The molecule has 0 fully saturated rings. The molecule has 0 aromatic heterocycles. The number of benzene rings is 2. The summed E-state index contributed by atoms with van der Waals surface area (Å²) in [4.78, 5) is 10.8. The van der Waals surface area contributed by atoms with Crippen LogP contribution in [0, 0.1) is 18.6 Å². The summed E-state index contributed by atoms with van der Waals surface area (Å²) in [6.45, 7) is 1.35. The van der Waals surface area contributed by atoms with Crippen LogP contribution in [-0.2, 0) is 6.61 Å². The van der Waals surface area contributed by atoms with Crippen molar-refractivity contribution < 1.29 is 23.4 Å². The molecule has 0 saturated heterocycles. The lowest BCUT2D eigenvalue weighted by atomic mass is 10.1. The summed E-state index contributed by atoms with van der Waals surface area (Å²) in [5.41, 5.74) is 0.433. The molecule has 0 spiro atoms. The first kappa shape index (κ1) is 14.0. The summed E-state index contributed by atoms with van der Waals surface area (Å²) in [5, 5.41) is 8.84. The first-order chi connectivity index (χ1) is 9.49. The van der Waals surface area contributed by atoms with E-state index in [1.807, 2.05) is 0 Å². The second kappa shape index (κ2) is 5.69. The Morgan fingerprint density at radius 2 is 2.00 bits per heavy atom. The molecular formula is C15H12F2O3. The average Bonchev–Trinajstić information content (AvgIpc) is 2.41. The fourth-order valence-electron chi connectivity index (χ4n) is 1.71. The van der Waals surface area contributed by atoms with Gasteiger partial charge in [-0.05, 0) is 36.8 Å². The van der Waals surface area contributed by atoms with Crippen molar-refractivity contribution >= 4 is 5.97 Å². The zero-order chi connectivity index (χ0) is 14.7. The number of hydrogen-bond donors (Lipinski definition) is 1. The predicted octanol–water partition coefficient (Wildman–Crippen LogP) is 3.55. The van der Waals surface area contributed by atoms with Gasteiger partial charge in [0.25, 0.3) is 0 Å². The molecule has 0 heterocycles. The highest BCUT2D eigenvalue weighted by atomic mass is 19.1. The molecule has 0 unspecified atom stereocenters. The number of ether oxygens (including phenoxy) is 1. The lowest BCUT2D eigenvalue weighted by molar-refractivity contribution is 0.0696. The SMILES string of the molecule is Cc1cccc(OCc2cc(C(=O)O)ccc2F)c1F. The molecule has 2 rings (SSSR count). The number of halogens is 2. The van der Waals surface area contributed by atoms with Gasteiger partial charge >= 0.3 is 5.97 Å². The van der Waals surface area contributed by atoms with E-state index in [1.165, 1.54) is 12.1 Å². The molecule has 2 aromatic rings. The summed E-state index contributed by atoms with van der Waals surface area (Å²) >= 11 is 0. The first-order valence-electron chi connectivity index (χ1n) is 5.88. The number of carbonyl (C=O) groups is 1. The van der Waals surface area contributed by atoms with Crippen molar-refractivity contribution in [1.29, 1.82) is 0 Å². The largest absolute Gasteiger partial charge is 0.486 e. The maximum absolute atomic E-state index is 13.7. The topological polar surface area (TPSA) is 46.5 Å². The van der Waals surface area contributed by atoms with Crippen LogP contribution >= 0.6 is 0 Å². The number of rotatable bonds is 4. The lowest BCUT2D eigenvalue weighted by Gasteiger charge is -2.09. The van der Waals surface area contributed by atoms with E-state index in [-0.39, 0.29) is 23.5 Å². The molecule has 0 amide bonds. The minimum absolute atomic E-state index is 0.00475. The van der Waals surface area contributed by atoms with E-state index >= 15 is 0 Å². The van der Waals surface area contributed by atoms with Crippen molar-refractivity contribution in [1.82, 2.24) is 0 Å². The van der Waals surface area contributed by atoms with Crippen molar-refractivity contribution in [2.75, 3.05) is 0 Å². The van der Waals surface area contributed by atoms with Crippen molar-refractivity contribution in [3.05, 3.63) is 64.7 Å². The van der Waals surface area contributed by atoms with Crippen molar-refractivity contribution in [3.63, 3.8) is 0 Å². The fourth-order valence-corrected chi connectivity index (χ4v) is 1.71.